The van der Waals surface area contributed by atoms with E-state index in [1.807, 2.05) is 31.2 Å². The van der Waals surface area contributed by atoms with Gasteiger partial charge in [0, 0.05) is 6.04 Å². The minimum Gasteiger partial charge on any atom is -0.494 e. The van der Waals surface area contributed by atoms with E-state index < -0.39 is 27.8 Å². The summed E-state index contributed by atoms with van der Waals surface area (Å²) in [5.41, 5.74) is 1.01. The fourth-order valence-corrected chi connectivity index (χ4v) is 6.34. The van der Waals surface area contributed by atoms with Crippen LogP contribution in [-0.2, 0) is 9.84 Å². The van der Waals surface area contributed by atoms with Gasteiger partial charge in [-0.25, -0.2) is 8.42 Å². The van der Waals surface area contributed by atoms with Gasteiger partial charge in [0.1, 0.15) is 11.3 Å². The van der Waals surface area contributed by atoms with Crippen LogP contribution in [0.3, 0.4) is 0 Å². The molecule has 2 aliphatic heterocycles. The number of benzene rings is 2. The topological polar surface area (TPSA) is 93.9 Å². The van der Waals surface area contributed by atoms with Gasteiger partial charge in [-0.05, 0) is 42.7 Å². The summed E-state index contributed by atoms with van der Waals surface area (Å²) in [4.78, 5) is 28.5. The molecular formula is C24H23NO6S. The summed E-state index contributed by atoms with van der Waals surface area (Å²) in [6, 6.07) is 12.8. The van der Waals surface area contributed by atoms with Crippen molar-refractivity contribution in [3.63, 3.8) is 0 Å². The monoisotopic (exact) mass is 453 g/mol. The Bertz CT molecular complexity index is 1380. The maximum atomic E-state index is 13.5. The Labute approximate surface area is 185 Å². The number of sulfone groups is 1. The van der Waals surface area contributed by atoms with Crippen molar-refractivity contribution in [2.75, 3.05) is 18.1 Å². The number of para-hydroxylation sites is 1. The summed E-state index contributed by atoms with van der Waals surface area (Å²) < 4.78 is 36.1. The summed E-state index contributed by atoms with van der Waals surface area (Å²) in [5, 5.41) is 0.392. The molecule has 2 aliphatic rings. The van der Waals surface area contributed by atoms with E-state index in [1.54, 1.807) is 24.3 Å². The first-order valence-corrected chi connectivity index (χ1v) is 12.5. The molecule has 1 amide bonds. The number of carbonyl (C=O) groups excluding carboxylic acids is 1. The van der Waals surface area contributed by atoms with Gasteiger partial charge in [-0.15, -0.1) is 0 Å². The number of amides is 1. The van der Waals surface area contributed by atoms with Crippen LogP contribution in [0.4, 0.5) is 0 Å². The maximum Gasteiger partial charge on any atom is 0.291 e. The molecule has 3 aromatic rings. The van der Waals surface area contributed by atoms with Crippen LogP contribution in [0, 0.1) is 0 Å². The molecular weight excluding hydrogens is 430 g/mol. The van der Waals surface area contributed by atoms with Gasteiger partial charge in [0.25, 0.3) is 5.91 Å². The van der Waals surface area contributed by atoms with Gasteiger partial charge < -0.3 is 14.1 Å². The molecule has 0 spiro atoms. The second kappa shape index (κ2) is 7.78. The molecule has 5 rings (SSSR count). The lowest BCUT2D eigenvalue weighted by Gasteiger charge is -2.30. The molecule has 1 fully saturated rings. The van der Waals surface area contributed by atoms with E-state index in [0.29, 0.717) is 35.3 Å². The number of hydrogen-bond donors (Lipinski definition) is 0. The first kappa shape index (κ1) is 20.8. The minimum absolute atomic E-state index is 0.0112. The molecule has 0 N–H and O–H groups in total. The van der Waals surface area contributed by atoms with Crippen molar-refractivity contribution in [2.45, 2.75) is 31.8 Å². The Morgan fingerprint density at radius 3 is 2.69 bits per heavy atom. The molecule has 3 heterocycles. The zero-order chi connectivity index (χ0) is 22.5. The highest BCUT2D eigenvalue weighted by molar-refractivity contribution is 7.91. The first-order valence-electron chi connectivity index (χ1n) is 10.7. The normalized spacial score (nSPS) is 21.8. The molecule has 166 valence electrons. The fourth-order valence-electron chi connectivity index (χ4n) is 4.63. The van der Waals surface area contributed by atoms with E-state index in [4.69, 9.17) is 9.15 Å². The Balaban J connectivity index is 1.70. The molecule has 0 unspecified atom stereocenters. The van der Waals surface area contributed by atoms with E-state index in [2.05, 4.69) is 0 Å². The highest BCUT2D eigenvalue weighted by atomic mass is 32.2. The van der Waals surface area contributed by atoms with E-state index in [0.717, 1.165) is 6.42 Å². The third-order valence-electron chi connectivity index (χ3n) is 6.06. The molecule has 1 aromatic heterocycles. The molecule has 32 heavy (non-hydrogen) atoms. The van der Waals surface area contributed by atoms with Gasteiger partial charge in [-0.2, -0.15) is 0 Å². The molecule has 8 heteroatoms. The summed E-state index contributed by atoms with van der Waals surface area (Å²) in [6.45, 7) is 2.55. The van der Waals surface area contributed by atoms with Crippen molar-refractivity contribution in [2.24, 2.45) is 0 Å². The second-order valence-corrected chi connectivity index (χ2v) is 10.5. The molecule has 7 nitrogen and oxygen atoms in total. The van der Waals surface area contributed by atoms with E-state index >= 15 is 0 Å². The number of carbonyl (C=O) groups is 1. The van der Waals surface area contributed by atoms with Gasteiger partial charge in [0.05, 0.1) is 35.1 Å². The van der Waals surface area contributed by atoms with Crippen LogP contribution in [0.1, 0.15) is 47.5 Å². The lowest BCUT2D eigenvalue weighted by Crippen LogP contribution is -2.40. The van der Waals surface area contributed by atoms with Crippen LogP contribution in [0.5, 0.6) is 5.75 Å². The quantitative estimate of drug-likeness (QED) is 0.588. The molecule has 2 atom stereocenters. The Morgan fingerprint density at radius 1 is 1.12 bits per heavy atom. The van der Waals surface area contributed by atoms with Crippen molar-refractivity contribution in [3.05, 3.63) is 75.6 Å². The second-order valence-electron chi connectivity index (χ2n) is 8.26. The van der Waals surface area contributed by atoms with Crippen molar-refractivity contribution >= 4 is 26.7 Å². The largest absolute Gasteiger partial charge is 0.494 e. The number of ether oxygens (including phenoxy) is 1. The van der Waals surface area contributed by atoms with Crippen molar-refractivity contribution in [1.82, 2.24) is 4.90 Å². The van der Waals surface area contributed by atoms with Gasteiger partial charge in [-0.3, -0.25) is 9.59 Å². The van der Waals surface area contributed by atoms with Crippen LogP contribution in [0.25, 0.3) is 11.0 Å². The van der Waals surface area contributed by atoms with Crippen LogP contribution >= 0.6 is 0 Å². The molecule has 1 saturated heterocycles. The number of rotatable bonds is 5. The van der Waals surface area contributed by atoms with Crippen molar-refractivity contribution in [1.29, 1.82) is 0 Å². The maximum absolute atomic E-state index is 13.5. The van der Waals surface area contributed by atoms with Crippen molar-refractivity contribution < 1.29 is 22.4 Å². The zero-order valence-corrected chi connectivity index (χ0v) is 18.4. The molecule has 2 aromatic carbocycles. The summed E-state index contributed by atoms with van der Waals surface area (Å²) in [7, 11) is -3.24. The van der Waals surface area contributed by atoms with Crippen LogP contribution in [0.15, 0.2) is 57.7 Å². The summed E-state index contributed by atoms with van der Waals surface area (Å²) >= 11 is 0. The average Bonchev–Trinajstić information content (AvgIpc) is 3.29. The van der Waals surface area contributed by atoms with E-state index in [1.165, 1.54) is 4.90 Å². The number of nitrogens with zero attached hydrogens (tertiary/aromatic N) is 1. The predicted octanol–water partition coefficient (Wildman–Crippen LogP) is 3.31. The van der Waals surface area contributed by atoms with Crippen LogP contribution in [0.2, 0.25) is 0 Å². The highest BCUT2D eigenvalue weighted by Crippen LogP contribution is 2.42. The SMILES string of the molecule is CCCOc1cccc([C@@H]2c3c(oc4ccccc4c3=O)C(=O)N2[C@H]2CCS(=O)(=O)C2)c1. The number of fused-ring (bicyclic) bond motifs is 2. The minimum atomic E-state index is -3.24. The smallest absolute Gasteiger partial charge is 0.291 e. The van der Waals surface area contributed by atoms with Crippen molar-refractivity contribution in [3.8, 4) is 5.75 Å². The van der Waals surface area contributed by atoms with E-state index in [-0.39, 0.29) is 28.3 Å². The molecule has 0 bridgehead atoms. The summed E-state index contributed by atoms with van der Waals surface area (Å²) in [6.07, 6.45) is 1.18. The standard InChI is InChI=1S/C24H23NO6S/c1-2-11-30-17-7-5-6-15(13-17)21-20-22(26)18-8-3-4-9-19(18)31-23(20)24(27)25(21)16-10-12-32(28,29)14-16/h3-9,13,16,21H,2,10-12,14H2,1H3/t16-,21+/m0/s1. The molecule has 0 saturated carbocycles. The highest BCUT2D eigenvalue weighted by Gasteiger charge is 2.48. The van der Waals surface area contributed by atoms with Gasteiger partial charge in [-0.1, -0.05) is 31.2 Å². The average molecular weight is 454 g/mol. The van der Waals surface area contributed by atoms with E-state index in [9.17, 15) is 18.0 Å². The van der Waals surface area contributed by atoms with Gasteiger partial charge in [0.2, 0.25) is 5.76 Å². The predicted molar refractivity (Wildman–Crippen MR) is 120 cm³/mol. The zero-order valence-electron chi connectivity index (χ0n) is 17.6. The Morgan fingerprint density at radius 2 is 1.94 bits per heavy atom. The van der Waals surface area contributed by atoms with Gasteiger partial charge >= 0.3 is 0 Å². The number of hydrogen-bond acceptors (Lipinski definition) is 6. The lowest BCUT2D eigenvalue weighted by atomic mass is 9.97. The summed E-state index contributed by atoms with van der Waals surface area (Å²) in [5.74, 6) is 0.0726. The third-order valence-corrected chi connectivity index (χ3v) is 7.81. The Hall–Kier alpha value is -3.13. The van der Waals surface area contributed by atoms with Crippen LogP contribution < -0.4 is 10.2 Å². The Kier molecular flexibility index (Phi) is 5.04. The fraction of sp³-hybridized carbons (Fsp3) is 0.333. The molecule has 0 radical (unpaired) electrons. The van der Waals surface area contributed by atoms with Gasteiger partial charge in [0.15, 0.2) is 15.3 Å². The molecule has 0 aliphatic carbocycles. The van der Waals surface area contributed by atoms with Crippen LogP contribution in [-0.4, -0.2) is 43.4 Å². The first-order chi connectivity index (χ1) is 15.4. The lowest BCUT2D eigenvalue weighted by molar-refractivity contribution is 0.0662. The third kappa shape index (κ3) is 3.39.